The smallest absolute Gasteiger partial charge is 0.355 e. The summed E-state index contributed by atoms with van der Waals surface area (Å²) >= 11 is 0. The van der Waals surface area contributed by atoms with Crippen molar-refractivity contribution >= 4 is 35.2 Å². The van der Waals surface area contributed by atoms with Crippen molar-refractivity contribution in [1.82, 2.24) is 5.32 Å². The third-order valence-corrected chi connectivity index (χ3v) is 3.62. The highest BCUT2D eigenvalue weighted by molar-refractivity contribution is 6.00. The summed E-state index contributed by atoms with van der Waals surface area (Å²) < 4.78 is 5.13. The van der Waals surface area contributed by atoms with Crippen LogP contribution in [0.25, 0.3) is 6.08 Å². The fourth-order valence-electron chi connectivity index (χ4n) is 2.27. The van der Waals surface area contributed by atoms with Gasteiger partial charge < -0.3 is 15.4 Å². The van der Waals surface area contributed by atoms with Gasteiger partial charge in [0, 0.05) is 24.7 Å². The van der Waals surface area contributed by atoms with E-state index in [1.165, 1.54) is 44.2 Å². The lowest BCUT2D eigenvalue weighted by atomic mass is 10.2. The Morgan fingerprint density at radius 2 is 1.79 bits per heavy atom. The topological polar surface area (TPSA) is 128 Å². The summed E-state index contributed by atoms with van der Waals surface area (Å²) in [6.07, 6.45) is 0.212. The molecule has 0 bridgehead atoms. The molecule has 0 radical (unpaired) electrons. The maximum atomic E-state index is 12.4. The van der Waals surface area contributed by atoms with E-state index in [0.29, 0.717) is 5.56 Å². The number of esters is 1. The highest BCUT2D eigenvalue weighted by atomic mass is 16.6. The molecule has 1 atom stereocenters. The SMILES string of the molecule is CC(=O)NC(=Cc1ccccc1)C(=O)OC(C)C(=O)Nc1cccc([N+](=O)[O-])c1. The Labute approximate surface area is 166 Å². The average molecular weight is 397 g/mol. The van der Waals surface area contributed by atoms with Gasteiger partial charge in [-0.05, 0) is 24.6 Å². The standard InChI is InChI=1S/C20H19N3O6/c1-13(19(25)22-16-9-6-10-17(12-16)23(27)28)29-20(26)18(21-14(2)24)11-15-7-4-3-5-8-15/h3-13H,1-2H3,(H,21,24)(H,22,25). The number of carbonyl (C=O) groups excluding carboxylic acids is 3. The third-order valence-electron chi connectivity index (χ3n) is 3.62. The minimum atomic E-state index is -1.21. The van der Waals surface area contributed by atoms with Crippen LogP contribution in [-0.4, -0.2) is 28.8 Å². The first kappa shape index (κ1) is 21.3. The molecule has 0 heterocycles. The van der Waals surface area contributed by atoms with Gasteiger partial charge in [-0.2, -0.15) is 0 Å². The summed E-state index contributed by atoms with van der Waals surface area (Å²) in [6, 6.07) is 14.1. The molecule has 2 amide bonds. The predicted octanol–water partition coefficient (Wildman–Crippen LogP) is 2.64. The van der Waals surface area contributed by atoms with Crippen LogP contribution in [0.4, 0.5) is 11.4 Å². The lowest BCUT2D eigenvalue weighted by Gasteiger charge is -2.15. The van der Waals surface area contributed by atoms with E-state index in [1.807, 2.05) is 0 Å². The Balaban J connectivity index is 2.09. The van der Waals surface area contributed by atoms with Crippen molar-refractivity contribution < 1.29 is 24.0 Å². The summed E-state index contributed by atoms with van der Waals surface area (Å²) in [5.74, 6) is -2.05. The number of rotatable bonds is 7. The molecule has 2 aromatic carbocycles. The quantitative estimate of drug-likeness (QED) is 0.320. The van der Waals surface area contributed by atoms with Gasteiger partial charge in [-0.1, -0.05) is 36.4 Å². The number of nitro groups is 1. The first-order valence-electron chi connectivity index (χ1n) is 8.57. The van der Waals surface area contributed by atoms with Crippen molar-refractivity contribution in [3.8, 4) is 0 Å². The van der Waals surface area contributed by atoms with Gasteiger partial charge in [0.15, 0.2) is 6.10 Å². The van der Waals surface area contributed by atoms with Crippen molar-refractivity contribution in [2.24, 2.45) is 0 Å². The van der Waals surface area contributed by atoms with Crippen LogP contribution < -0.4 is 10.6 Å². The molecule has 0 saturated heterocycles. The molecule has 0 aromatic heterocycles. The maximum Gasteiger partial charge on any atom is 0.355 e. The number of nitro benzene ring substituents is 1. The van der Waals surface area contributed by atoms with Crippen LogP contribution in [0.1, 0.15) is 19.4 Å². The van der Waals surface area contributed by atoms with Crippen LogP contribution >= 0.6 is 0 Å². The molecule has 2 N–H and O–H groups in total. The zero-order valence-electron chi connectivity index (χ0n) is 15.7. The predicted molar refractivity (Wildman–Crippen MR) is 106 cm³/mol. The average Bonchev–Trinajstić information content (AvgIpc) is 2.68. The molecule has 2 aromatic rings. The molecular formula is C20H19N3O6. The second-order valence-corrected chi connectivity index (χ2v) is 5.99. The molecule has 29 heavy (non-hydrogen) atoms. The summed E-state index contributed by atoms with van der Waals surface area (Å²) in [5.41, 5.74) is 0.529. The highest BCUT2D eigenvalue weighted by Gasteiger charge is 2.22. The maximum absolute atomic E-state index is 12.4. The monoisotopic (exact) mass is 397 g/mol. The number of nitrogens with zero attached hydrogens (tertiary/aromatic N) is 1. The largest absolute Gasteiger partial charge is 0.448 e. The minimum absolute atomic E-state index is 0.126. The number of hydrogen-bond acceptors (Lipinski definition) is 6. The number of amides is 2. The van der Waals surface area contributed by atoms with Crippen molar-refractivity contribution in [3.05, 3.63) is 76.0 Å². The Kier molecular flexibility index (Phi) is 7.19. The van der Waals surface area contributed by atoms with E-state index in [1.54, 1.807) is 30.3 Å². The number of non-ortho nitro benzene ring substituents is 1. The van der Waals surface area contributed by atoms with Crippen molar-refractivity contribution in [2.75, 3.05) is 5.32 Å². The molecule has 0 aliphatic carbocycles. The Morgan fingerprint density at radius 3 is 2.41 bits per heavy atom. The van der Waals surface area contributed by atoms with E-state index >= 15 is 0 Å². The normalized spacial score (nSPS) is 11.9. The Hall–Kier alpha value is -4.01. The third kappa shape index (κ3) is 6.58. The van der Waals surface area contributed by atoms with Gasteiger partial charge in [0.25, 0.3) is 11.6 Å². The molecule has 1 unspecified atom stereocenters. The molecule has 0 fully saturated rings. The van der Waals surface area contributed by atoms with Gasteiger partial charge >= 0.3 is 5.97 Å². The molecule has 9 heteroatoms. The van der Waals surface area contributed by atoms with Gasteiger partial charge in [-0.3, -0.25) is 19.7 Å². The number of hydrogen-bond donors (Lipinski definition) is 2. The first-order chi connectivity index (χ1) is 13.8. The summed E-state index contributed by atoms with van der Waals surface area (Å²) in [6.45, 7) is 2.59. The number of nitrogens with one attached hydrogen (secondary N) is 2. The van der Waals surface area contributed by atoms with Gasteiger partial charge in [-0.25, -0.2) is 4.79 Å². The van der Waals surface area contributed by atoms with E-state index < -0.39 is 28.8 Å². The van der Waals surface area contributed by atoms with Crippen LogP contribution in [0.2, 0.25) is 0 Å². The molecule has 0 saturated carbocycles. The summed E-state index contributed by atoms with van der Waals surface area (Å²) in [4.78, 5) is 46.3. The van der Waals surface area contributed by atoms with Gasteiger partial charge in [-0.15, -0.1) is 0 Å². The van der Waals surface area contributed by atoms with E-state index in [4.69, 9.17) is 4.74 Å². The fraction of sp³-hybridized carbons (Fsp3) is 0.150. The van der Waals surface area contributed by atoms with E-state index in [2.05, 4.69) is 10.6 Å². The Morgan fingerprint density at radius 1 is 1.10 bits per heavy atom. The molecular weight excluding hydrogens is 378 g/mol. The lowest BCUT2D eigenvalue weighted by molar-refractivity contribution is -0.384. The number of anilines is 1. The minimum Gasteiger partial charge on any atom is -0.448 e. The van der Waals surface area contributed by atoms with Crippen LogP contribution in [0.5, 0.6) is 0 Å². The molecule has 9 nitrogen and oxygen atoms in total. The van der Waals surface area contributed by atoms with E-state index in [0.717, 1.165) is 0 Å². The molecule has 0 aliphatic rings. The molecule has 150 valence electrons. The number of ether oxygens (including phenoxy) is 1. The molecule has 2 rings (SSSR count). The first-order valence-corrected chi connectivity index (χ1v) is 8.57. The van der Waals surface area contributed by atoms with Crippen LogP contribution in [0, 0.1) is 10.1 Å². The second kappa shape index (κ2) is 9.79. The zero-order valence-corrected chi connectivity index (χ0v) is 15.7. The van der Waals surface area contributed by atoms with Crippen molar-refractivity contribution in [2.45, 2.75) is 20.0 Å². The van der Waals surface area contributed by atoms with E-state index in [9.17, 15) is 24.5 Å². The number of benzene rings is 2. The van der Waals surface area contributed by atoms with E-state index in [-0.39, 0.29) is 17.1 Å². The summed E-state index contributed by atoms with van der Waals surface area (Å²) in [7, 11) is 0. The van der Waals surface area contributed by atoms with Gasteiger partial charge in [0.1, 0.15) is 5.70 Å². The van der Waals surface area contributed by atoms with Crippen LogP contribution in [0.3, 0.4) is 0 Å². The Bertz CT molecular complexity index is 956. The van der Waals surface area contributed by atoms with Crippen molar-refractivity contribution in [1.29, 1.82) is 0 Å². The fourth-order valence-corrected chi connectivity index (χ4v) is 2.27. The summed E-state index contributed by atoms with van der Waals surface area (Å²) in [5, 5.41) is 15.6. The zero-order chi connectivity index (χ0) is 21.4. The number of carbonyl (C=O) groups is 3. The molecule has 0 aliphatic heterocycles. The molecule has 0 spiro atoms. The van der Waals surface area contributed by atoms with Crippen LogP contribution in [0.15, 0.2) is 60.3 Å². The van der Waals surface area contributed by atoms with Gasteiger partial charge in [0.05, 0.1) is 4.92 Å². The van der Waals surface area contributed by atoms with Crippen molar-refractivity contribution in [3.63, 3.8) is 0 Å². The van der Waals surface area contributed by atoms with Gasteiger partial charge in [0.2, 0.25) is 5.91 Å². The highest BCUT2D eigenvalue weighted by Crippen LogP contribution is 2.17. The lowest BCUT2D eigenvalue weighted by Crippen LogP contribution is -2.33. The van der Waals surface area contributed by atoms with Crippen LogP contribution in [-0.2, 0) is 19.1 Å². The second-order valence-electron chi connectivity index (χ2n) is 5.99.